The molecule has 0 bridgehead atoms. The summed E-state index contributed by atoms with van der Waals surface area (Å²) in [6.45, 7) is 0.825. The van der Waals surface area contributed by atoms with Crippen molar-refractivity contribution < 1.29 is 4.74 Å². The Hall–Kier alpha value is 0.460. The first-order valence-electron chi connectivity index (χ1n) is 5.30. The van der Waals surface area contributed by atoms with Crippen LogP contribution in [-0.4, -0.2) is 17.3 Å². The summed E-state index contributed by atoms with van der Waals surface area (Å²) < 4.78 is 6.88. The van der Waals surface area contributed by atoms with Gasteiger partial charge < -0.3 is 4.74 Å². The minimum Gasteiger partial charge on any atom is -0.493 e. The van der Waals surface area contributed by atoms with Gasteiger partial charge in [-0.3, -0.25) is 0 Å². The van der Waals surface area contributed by atoms with Gasteiger partial charge in [-0.2, -0.15) is 0 Å². The monoisotopic (exact) mass is 410 g/mol. The van der Waals surface area contributed by atoms with Crippen molar-refractivity contribution in [1.82, 2.24) is 0 Å². The third-order valence-electron chi connectivity index (χ3n) is 2.77. The van der Waals surface area contributed by atoms with Gasteiger partial charge in [0.25, 0.3) is 0 Å². The fourth-order valence-electron chi connectivity index (χ4n) is 1.96. The van der Waals surface area contributed by atoms with Crippen molar-refractivity contribution in [2.24, 2.45) is 5.92 Å². The predicted molar refractivity (Wildman–Crippen MR) is 78.1 cm³/mol. The zero-order valence-electron chi connectivity index (χ0n) is 8.81. The van der Waals surface area contributed by atoms with Gasteiger partial charge >= 0.3 is 0 Å². The first-order chi connectivity index (χ1) is 7.74. The molecule has 88 valence electrons. The second kappa shape index (κ2) is 5.87. The molecule has 0 atom stereocenters. The van der Waals surface area contributed by atoms with Gasteiger partial charge in [0.05, 0.1) is 6.61 Å². The summed E-state index contributed by atoms with van der Waals surface area (Å²) in [6, 6.07) is 4.35. The fourth-order valence-corrected chi connectivity index (χ4v) is 4.04. The van der Waals surface area contributed by atoms with Crippen LogP contribution in [0.25, 0.3) is 0 Å². The first kappa shape index (κ1) is 12.9. The maximum atomic E-state index is 5.72. The van der Waals surface area contributed by atoms with Gasteiger partial charge in [0.1, 0.15) is 5.75 Å². The van der Waals surface area contributed by atoms with Crippen molar-refractivity contribution in [3.8, 4) is 5.75 Å². The average molecular weight is 413 g/mol. The van der Waals surface area contributed by atoms with E-state index < -0.39 is 0 Å². The van der Waals surface area contributed by atoms with Crippen LogP contribution in [-0.2, 0) is 12.8 Å². The first-order valence-corrected chi connectivity index (χ1v) is 8.34. The third kappa shape index (κ3) is 2.82. The van der Waals surface area contributed by atoms with Gasteiger partial charge in [-0.25, -0.2) is 0 Å². The van der Waals surface area contributed by atoms with E-state index in [9.17, 15) is 0 Å². The summed E-state index contributed by atoms with van der Waals surface area (Å²) >= 11 is 10.7. The van der Waals surface area contributed by atoms with Crippen molar-refractivity contribution in [3.63, 3.8) is 0 Å². The smallest absolute Gasteiger partial charge is 0.125 e. The molecule has 0 spiro atoms. The lowest BCUT2D eigenvalue weighted by atomic mass is 9.99. The van der Waals surface area contributed by atoms with Crippen LogP contribution in [0, 0.1) is 5.92 Å². The molecule has 0 saturated carbocycles. The van der Waals surface area contributed by atoms with Crippen molar-refractivity contribution in [2.45, 2.75) is 12.8 Å². The quantitative estimate of drug-likeness (QED) is 0.669. The number of benzene rings is 1. The van der Waals surface area contributed by atoms with Crippen molar-refractivity contribution >= 4 is 47.8 Å². The summed E-state index contributed by atoms with van der Waals surface area (Å²) in [4.78, 5) is 0. The Morgan fingerprint density at radius 3 is 2.69 bits per heavy atom. The van der Waals surface area contributed by atoms with E-state index in [1.165, 1.54) is 11.1 Å². The normalized spacial score (nSPS) is 14.0. The molecule has 1 heterocycles. The molecule has 0 aromatic heterocycles. The Bertz CT molecular complexity index is 375. The SMILES string of the molecule is BrCC(CBr)Cc1cc(Br)cc2c1OCC2. The van der Waals surface area contributed by atoms with Crippen LogP contribution in [0.15, 0.2) is 16.6 Å². The summed E-state index contributed by atoms with van der Waals surface area (Å²) in [5.41, 5.74) is 2.66. The number of fused-ring (bicyclic) bond motifs is 1. The van der Waals surface area contributed by atoms with Crippen LogP contribution in [0.2, 0.25) is 0 Å². The average Bonchev–Trinajstić information content (AvgIpc) is 2.73. The number of alkyl halides is 2. The number of halogens is 3. The highest BCUT2D eigenvalue weighted by molar-refractivity contribution is 9.10. The molecule has 1 aromatic carbocycles. The minimum absolute atomic E-state index is 0.614. The maximum absolute atomic E-state index is 5.72. The van der Waals surface area contributed by atoms with Gasteiger partial charge in [0.15, 0.2) is 0 Å². The van der Waals surface area contributed by atoms with Gasteiger partial charge in [0.2, 0.25) is 0 Å². The molecule has 0 amide bonds. The van der Waals surface area contributed by atoms with Crippen LogP contribution in [0.5, 0.6) is 5.75 Å². The third-order valence-corrected chi connectivity index (χ3v) is 5.06. The van der Waals surface area contributed by atoms with E-state index in [-0.39, 0.29) is 0 Å². The lowest BCUT2D eigenvalue weighted by Gasteiger charge is -2.14. The van der Waals surface area contributed by atoms with E-state index >= 15 is 0 Å². The highest BCUT2D eigenvalue weighted by atomic mass is 79.9. The Labute approximate surface area is 121 Å². The molecule has 0 N–H and O–H groups in total. The molecule has 1 aliphatic heterocycles. The lowest BCUT2D eigenvalue weighted by molar-refractivity contribution is 0.352. The van der Waals surface area contributed by atoms with Crippen molar-refractivity contribution in [1.29, 1.82) is 0 Å². The van der Waals surface area contributed by atoms with Crippen LogP contribution in [0.4, 0.5) is 0 Å². The molecule has 0 fully saturated rings. The second-order valence-electron chi connectivity index (χ2n) is 4.03. The molecule has 0 radical (unpaired) electrons. The van der Waals surface area contributed by atoms with Gasteiger partial charge in [-0.15, -0.1) is 0 Å². The van der Waals surface area contributed by atoms with Crippen LogP contribution in [0.1, 0.15) is 11.1 Å². The Kier molecular flexibility index (Phi) is 4.74. The van der Waals surface area contributed by atoms with Crippen molar-refractivity contribution in [3.05, 3.63) is 27.7 Å². The number of rotatable bonds is 4. The lowest BCUT2D eigenvalue weighted by Crippen LogP contribution is -2.08. The standard InChI is InChI=1S/C12H13Br3O/c13-6-8(7-14)3-10-5-11(15)4-9-1-2-16-12(9)10/h4-5,8H,1-3,6-7H2. The number of hydrogen-bond donors (Lipinski definition) is 0. The molecule has 1 aromatic rings. The molecule has 2 rings (SSSR count). The van der Waals surface area contributed by atoms with E-state index in [1.807, 2.05) is 0 Å². The highest BCUT2D eigenvalue weighted by Gasteiger charge is 2.19. The zero-order chi connectivity index (χ0) is 11.5. The van der Waals surface area contributed by atoms with Gasteiger partial charge in [-0.1, -0.05) is 47.8 Å². The van der Waals surface area contributed by atoms with E-state index in [2.05, 4.69) is 59.9 Å². The Morgan fingerprint density at radius 2 is 2.00 bits per heavy atom. The topological polar surface area (TPSA) is 9.23 Å². The summed E-state index contributed by atoms with van der Waals surface area (Å²) in [5, 5.41) is 2.03. The largest absolute Gasteiger partial charge is 0.493 e. The van der Waals surface area contributed by atoms with E-state index in [0.717, 1.165) is 40.3 Å². The molecule has 0 aliphatic carbocycles. The summed E-state index contributed by atoms with van der Waals surface area (Å²) in [5.74, 6) is 1.73. The molecule has 0 saturated heterocycles. The number of ether oxygens (including phenoxy) is 1. The Balaban J connectivity index is 2.26. The van der Waals surface area contributed by atoms with Crippen LogP contribution >= 0.6 is 47.8 Å². The number of hydrogen-bond acceptors (Lipinski definition) is 1. The van der Waals surface area contributed by atoms with Gasteiger partial charge in [0, 0.05) is 21.6 Å². The molecular weight excluding hydrogens is 400 g/mol. The molecule has 0 unspecified atom stereocenters. The van der Waals surface area contributed by atoms with E-state index in [1.54, 1.807) is 0 Å². The molecule has 4 heteroatoms. The Morgan fingerprint density at radius 1 is 1.25 bits per heavy atom. The minimum atomic E-state index is 0.614. The molecule has 1 aliphatic rings. The van der Waals surface area contributed by atoms with Crippen molar-refractivity contribution in [2.75, 3.05) is 17.3 Å². The fraction of sp³-hybridized carbons (Fsp3) is 0.500. The van der Waals surface area contributed by atoms with Gasteiger partial charge in [-0.05, 0) is 35.6 Å². The molecular formula is C12H13Br3O. The summed E-state index contributed by atoms with van der Waals surface area (Å²) in [6.07, 6.45) is 2.09. The van der Waals surface area contributed by atoms with Crippen LogP contribution in [0.3, 0.4) is 0 Å². The highest BCUT2D eigenvalue weighted by Crippen LogP contribution is 2.34. The molecule has 1 nitrogen and oxygen atoms in total. The predicted octanol–water partition coefficient (Wildman–Crippen LogP) is 4.33. The maximum Gasteiger partial charge on any atom is 0.125 e. The molecule has 16 heavy (non-hydrogen) atoms. The zero-order valence-corrected chi connectivity index (χ0v) is 13.6. The second-order valence-corrected chi connectivity index (χ2v) is 6.24. The van der Waals surface area contributed by atoms with Crippen LogP contribution < -0.4 is 4.74 Å². The van der Waals surface area contributed by atoms with E-state index in [0.29, 0.717) is 5.92 Å². The summed E-state index contributed by atoms with van der Waals surface area (Å²) in [7, 11) is 0. The van der Waals surface area contributed by atoms with E-state index in [4.69, 9.17) is 4.74 Å².